The molecule has 0 aliphatic rings. The number of aromatic hydroxyl groups is 1. The molecule has 0 aliphatic carbocycles. The number of rotatable bonds is 3. The Morgan fingerprint density at radius 3 is 2.42 bits per heavy atom. The standard InChI is InChI=1S/C20H13F2N3O/c21-13-5-3-4-12(10-13)19-23-16-9-8-14(22)11-15(16)20(25-19)24-17-6-1-2-7-18(17)26/h1-11,26H,(H,23,24,25). The number of nitrogens with zero attached hydrogens (tertiary/aromatic N) is 2. The Bertz CT molecular complexity index is 1120. The van der Waals surface area contributed by atoms with Gasteiger partial charge in [0.25, 0.3) is 0 Å². The number of benzene rings is 3. The van der Waals surface area contributed by atoms with Crippen molar-refractivity contribution in [1.82, 2.24) is 9.97 Å². The van der Waals surface area contributed by atoms with E-state index in [-0.39, 0.29) is 5.75 Å². The van der Waals surface area contributed by atoms with Gasteiger partial charge in [-0.3, -0.25) is 0 Å². The summed E-state index contributed by atoms with van der Waals surface area (Å²) in [6.45, 7) is 0. The van der Waals surface area contributed by atoms with Crippen LogP contribution in [0.1, 0.15) is 0 Å². The SMILES string of the molecule is Oc1ccccc1Nc1nc(-c2cccc(F)c2)nc2ccc(F)cc12. The molecule has 0 amide bonds. The molecule has 0 saturated carbocycles. The molecule has 4 aromatic rings. The second kappa shape index (κ2) is 6.40. The van der Waals surface area contributed by atoms with Crippen LogP contribution >= 0.6 is 0 Å². The molecule has 0 saturated heterocycles. The van der Waals surface area contributed by atoms with Gasteiger partial charge >= 0.3 is 0 Å². The number of anilines is 2. The topological polar surface area (TPSA) is 58.0 Å². The van der Waals surface area contributed by atoms with Crippen molar-refractivity contribution in [2.45, 2.75) is 0 Å². The summed E-state index contributed by atoms with van der Waals surface area (Å²) in [5.41, 5.74) is 1.41. The van der Waals surface area contributed by atoms with Crippen LogP contribution in [-0.4, -0.2) is 15.1 Å². The number of hydrogen-bond donors (Lipinski definition) is 2. The minimum Gasteiger partial charge on any atom is -0.506 e. The van der Waals surface area contributed by atoms with Crippen molar-refractivity contribution in [3.63, 3.8) is 0 Å². The summed E-state index contributed by atoms with van der Waals surface area (Å²) in [6, 6.07) is 16.7. The van der Waals surface area contributed by atoms with Crippen LogP contribution in [0.5, 0.6) is 5.75 Å². The third kappa shape index (κ3) is 3.04. The van der Waals surface area contributed by atoms with Gasteiger partial charge in [0.05, 0.1) is 11.2 Å². The number of phenolic OH excluding ortho intramolecular Hbond substituents is 1. The number of aromatic nitrogens is 2. The third-order valence-corrected chi connectivity index (χ3v) is 3.90. The van der Waals surface area contributed by atoms with E-state index in [1.807, 2.05) is 0 Å². The average Bonchev–Trinajstić information content (AvgIpc) is 2.64. The molecule has 0 radical (unpaired) electrons. The predicted molar refractivity (Wildman–Crippen MR) is 96.3 cm³/mol. The van der Waals surface area contributed by atoms with E-state index in [1.165, 1.54) is 36.4 Å². The maximum atomic E-state index is 13.7. The van der Waals surface area contributed by atoms with Crippen LogP contribution in [0.15, 0.2) is 66.7 Å². The summed E-state index contributed by atoms with van der Waals surface area (Å²) in [4.78, 5) is 8.83. The highest BCUT2D eigenvalue weighted by molar-refractivity contribution is 5.92. The van der Waals surface area contributed by atoms with E-state index in [1.54, 1.807) is 30.3 Å². The Hall–Kier alpha value is -3.54. The molecule has 26 heavy (non-hydrogen) atoms. The summed E-state index contributed by atoms with van der Waals surface area (Å²) in [7, 11) is 0. The Balaban J connectivity index is 1.91. The molecule has 3 aromatic carbocycles. The zero-order valence-electron chi connectivity index (χ0n) is 13.4. The van der Waals surface area contributed by atoms with Crippen LogP contribution in [0.4, 0.5) is 20.3 Å². The van der Waals surface area contributed by atoms with E-state index < -0.39 is 11.6 Å². The number of para-hydroxylation sites is 2. The van der Waals surface area contributed by atoms with E-state index in [2.05, 4.69) is 15.3 Å². The van der Waals surface area contributed by atoms with Crippen LogP contribution in [0.3, 0.4) is 0 Å². The van der Waals surface area contributed by atoms with Crippen LogP contribution in [0, 0.1) is 11.6 Å². The monoisotopic (exact) mass is 349 g/mol. The lowest BCUT2D eigenvalue weighted by molar-refractivity contribution is 0.478. The molecular weight excluding hydrogens is 336 g/mol. The molecular formula is C20H13F2N3O. The summed E-state index contributed by atoms with van der Waals surface area (Å²) in [5.74, 6) is -0.194. The van der Waals surface area contributed by atoms with Crippen LogP contribution in [-0.2, 0) is 0 Å². The van der Waals surface area contributed by atoms with Gasteiger partial charge in [-0.25, -0.2) is 18.7 Å². The Labute approximate surface area is 147 Å². The van der Waals surface area contributed by atoms with Gasteiger partial charge in [-0.2, -0.15) is 0 Å². The number of nitrogens with one attached hydrogen (secondary N) is 1. The van der Waals surface area contributed by atoms with Gasteiger partial charge < -0.3 is 10.4 Å². The first-order valence-electron chi connectivity index (χ1n) is 7.88. The van der Waals surface area contributed by atoms with E-state index in [0.717, 1.165) is 0 Å². The van der Waals surface area contributed by atoms with Gasteiger partial charge in [0.1, 0.15) is 23.2 Å². The number of phenols is 1. The minimum absolute atomic E-state index is 0.0305. The van der Waals surface area contributed by atoms with Crippen molar-refractivity contribution in [3.05, 3.63) is 78.4 Å². The van der Waals surface area contributed by atoms with Gasteiger partial charge in [-0.1, -0.05) is 24.3 Å². The molecule has 0 bridgehead atoms. The normalized spacial score (nSPS) is 10.8. The summed E-state index contributed by atoms with van der Waals surface area (Å²) in [6.07, 6.45) is 0. The third-order valence-electron chi connectivity index (χ3n) is 3.90. The molecule has 4 rings (SSSR count). The van der Waals surface area contributed by atoms with E-state index in [0.29, 0.717) is 33.8 Å². The van der Waals surface area contributed by atoms with Gasteiger partial charge in [-0.15, -0.1) is 0 Å². The fourth-order valence-corrected chi connectivity index (χ4v) is 2.66. The molecule has 1 aromatic heterocycles. The van der Waals surface area contributed by atoms with E-state index in [9.17, 15) is 13.9 Å². The van der Waals surface area contributed by atoms with Crippen molar-refractivity contribution in [2.24, 2.45) is 0 Å². The van der Waals surface area contributed by atoms with E-state index >= 15 is 0 Å². The second-order valence-electron chi connectivity index (χ2n) is 5.71. The summed E-state index contributed by atoms with van der Waals surface area (Å²) >= 11 is 0. The average molecular weight is 349 g/mol. The molecule has 1 heterocycles. The molecule has 6 heteroatoms. The summed E-state index contributed by atoms with van der Waals surface area (Å²) < 4.78 is 27.3. The molecule has 0 unspecified atom stereocenters. The summed E-state index contributed by atoms with van der Waals surface area (Å²) in [5, 5.41) is 13.4. The van der Waals surface area contributed by atoms with Crippen LogP contribution in [0.2, 0.25) is 0 Å². The minimum atomic E-state index is -0.431. The second-order valence-corrected chi connectivity index (χ2v) is 5.71. The molecule has 0 aliphatic heterocycles. The quantitative estimate of drug-likeness (QED) is 0.510. The number of halogens is 2. The molecule has 0 atom stereocenters. The van der Waals surface area contributed by atoms with Gasteiger partial charge in [-0.05, 0) is 42.5 Å². The van der Waals surface area contributed by atoms with E-state index in [4.69, 9.17) is 0 Å². The van der Waals surface area contributed by atoms with Crippen LogP contribution in [0.25, 0.3) is 22.3 Å². The van der Waals surface area contributed by atoms with Crippen molar-refractivity contribution >= 4 is 22.4 Å². The first kappa shape index (κ1) is 16.0. The Morgan fingerprint density at radius 2 is 1.62 bits per heavy atom. The van der Waals surface area contributed by atoms with Crippen molar-refractivity contribution in [1.29, 1.82) is 0 Å². The molecule has 4 nitrogen and oxygen atoms in total. The lowest BCUT2D eigenvalue weighted by Crippen LogP contribution is -2.00. The zero-order chi connectivity index (χ0) is 18.1. The molecule has 2 N–H and O–H groups in total. The smallest absolute Gasteiger partial charge is 0.162 e. The molecule has 128 valence electrons. The van der Waals surface area contributed by atoms with Crippen molar-refractivity contribution in [2.75, 3.05) is 5.32 Å². The Kier molecular flexibility index (Phi) is 3.93. The van der Waals surface area contributed by atoms with Gasteiger partial charge in [0.2, 0.25) is 0 Å². The maximum absolute atomic E-state index is 13.7. The maximum Gasteiger partial charge on any atom is 0.162 e. The highest BCUT2D eigenvalue weighted by Gasteiger charge is 2.12. The lowest BCUT2D eigenvalue weighted by Gasteiger charge is -2.12. The highest BCUT2D eigenvalue weighted by atomic mass is 19.1. The first-order chi connectivity index (χ1) is 12.6. The highest BCUT2D eigenvalue weighted by Crippen LogP contribution is 2.31. The molecule has 0 fully saturated rings. The predicted octanol–water partition coefficient (Wildman–Crippen LogP) is 5.02. The first-order valence-corrected chi connectivity index (χ1v) is 7.88. The lowest BCUT2D eigenvalue weighted by atomic mass is 10.1. The molecule has 0 spiro atoms. The van der Waals surface area contributed by atoms with Gasteiger partial charge in [0.15, 0.2) is 5.82 Å². The van der Waals surface area contributed by atoms with Crippen molar-refractivity contribution < 1.29 is 13.9 Å². The van der Waals surface area contributed by atoms with Gasteiger partial charge in [0, 0.05) is 10.9 Å². The Morgan fingerprint density at radius 1 is 0.808 bits per heavy atom. The number of fused-ring (bicyclic) bond motifs is 1. The zero-order valence-corrected chi connectivity index (χ0v) is 13.4. The van der Waals surface area contributed by atoms with Crippen molar-refractivity contribution in [3.8, 4) is 17.1 Å². The van der Waals surface area contributed by atoms with Crippen LogP contribution < -0.4 is 5.32 Å². The largest absolute Gasteiger partial charge is 0.506 e. The fourth-order valence-electron chi connectivity index (χ4n) is 2.66. The number of hydrogen-bond acceptors (Lipinski definition) is 4. The fraction of sp³-hybridized carbons (Fsp3) is 0.